The van der Waals surface area contributed by atoms with E-state index in [1.807, 2.05) is 5.32 Å². The highest BCUT2D eigenvalue weighted by atomic mass is 35.5. The summed E-state index contributed by atoms with van der Waals surface area (Å²) in [5, 5.41) is 21.1. The van der Waals surface area contributed by atoms with E-state index in [9.17, 15) is 24.5 Å². The fraction of sp³-hybridized carbons (Fsp3) is 0.200. The van der Waals surface area contributed by atoms with E-state index in [-0.39, 0.29) is 10.7 Å². The quantitative estimate of drug-likeness (QED) is 0.368. The number of hydrogen-bond acceptors (Lipinski definition) is 6. The molecule has 0 fully saturated rings. The summed E-state index contributed by atoms with van der Waals surface area (Å²) in [4.78, 5) is 46.7. The van der Waals surface area contributed by atoms with Gasteiger partial charge >= 0.3 is 5.97 Å². The first-order valence-electron chi connectivity index (χ1n) is 5.34. The Hall–Kier alpha value is -2.75. The largest absolute Gasteiger partial charge is 0.480 e. The van der Waals surface area contributed by atoms with Crippen molar-refractivity contribution in [2.75, 3.05) is 0 Å². The predicted molar refractivity (Wildman–Crippen MR) is 68.6 cm³/mol. The third-order valence-corrected chi connectivity index (χ3v) is 2.59. The molecule has 1 atom stereocenters. The SMILES string of the molecule is NC(=O)C[C@@H](NC(=O)c1cc([N+](=O)[O-])cnc1Cl)C(=O)O. The monoisotopic (exact) mass is 316 g/mol. The zero-order chi connectivity index (χ0) is 16.2. The van der Waals surface area contributed by atoms with E-state index >= 15 is 0 Å². The summed E-state index contributed by atoms with van der Waals surface area (Å²) in [6.07, 6.45) is 0.207. The molecule has 2 amide bonds. The minimum absolute atomic E-state index is 0.346. The number of nitro groups is 1. The number of amides is 2. The van der Waals surface area contributed by atoms with Crippen molar-refractivity contribution in [3.8, 4) is 0 Å². The van der Waals surface area contributed by atoms with Crippen LogP contribution in [0.2, 0.25) is 5.15 Å². The van der Waals surface area contributed by atoms with Crippen LogP contribution in [-0.2, 0) is 9.59 Å². The normalized spacial score (nSPS) is 11.5. The van der Waals surface area contributed by atoms with Crippen LogP contribution in [0.4, 0.5) is 5.69 Å². The highest BCUT2D eigenvalue weighted by Crippen LogP contribution is 2.19. The molecule has 0 unspecified atom stereocenters. The van der Waals surface area contributed by atoms with Crippen molar-refractivity contribution >= 4 is 35.1 Å². The van der Waals surface area contributed by atoms with E-state index in [1.165, 1.54) is 0 Å². The molecule has 0 saturated heterocycles. The molecule has 0 radical (unpaired) electrons. The van der Waals surface area contributed by atoms with Crippen molar-refractivity contribution in [1.29, 1.82) is 0 Å². The summed E-state index contributed by atoms with van der Waals surface area (Å²) in [7, 11) is 0. The molecule has 1 aromatic rings. The number of nitrogens with one attached hydrogen (secondary N) is 1. The molecule has 1 rings (SSSR count). The lowest BCUT2D eigenvalue weighted by Crippen LogP contribution is -2.43. The summed E-state index contributed by atoms with van der Waals surface area (Å²) in [5.41, 5.74) is 3.98. The van der Waals surface area contributed by atoms with Gasteiger partial charge in [0.05, 0.1) is 16.9 Å². The van der Waals surface area contributed by atoms with Gasteiger partial charge in [-0.3, -0.25) is 19.7 Å². The van der Waals surface area contributed by atoms with Gasteiger partial charge < -0.3 is 16.2 Å². The number of hydrogen-bond donors (Lipinski definition) is 3. The van der Waals surface area contributed by atoms with Crippen molar-refractivity contribution in [3.63, 3.8) is 0 Å². The maximum atomic E-state index is 11.9. The zero-order valence-corrected chi connectivity index (χ0v) is 11.0. The molecule has 11 heteroatoms. The summed E-state index contributed by atoms with van der Waals surface area (Å²) >= 11 is 5.63. The lowest BCUT2D eigenvalue weighted by atomic mass is 10.1. The first-order chi connectivity index (χ1) is 9.72. The maximum Gasteiger partial charge on any atom is 0.326 e. The number of carbonyl (C=O) groups is 3. The topological polar surface area (TPSA) is 166 Å². The van der Waals surface area contributed by atoms with Crippen LogP contribution < -0.4 is 11.1 Å². The van der Waals surface area contributed by atoms with Crippen LogP contribution in [0.25, 0.3) is 0 Å². The first kappa shape index (κ1) is 16.3. The molecule has 10 nitrogen and oxygen atoms in total. The van der Waals surface area contributed by atoms with Gasteiger partial charge in [-0.2, -0.15) is 0 Å². The molecule has 1 heterocycles. The number of aliphatic carboxylic acids is 1. The van der Waals surface area contributed by atoms with E-state index in [1.54, 1.807) is 0 Å². The van der Waals surface area contributed by atoms with Gasteiger partial charge in [-0.25, -0.2) is 9.78 Å². The smallest absolute Gasteiger partial charge is 0.326 e. The lowest BCUT2D eigenvalue weighted by molar-refractivity contribution is -0.385. The van der Waals surface area contributed by atoms with E-state index in [4.69, 9.17) is 22.4 Å². The van der Waals surface area contributed by atoms with E-state index in [0.29, 0.717) is 0 Å². The molecule has 0 saturated carbocycles. The van der Waals surface area contributed by atoms with Crippen molar-refractivity contribution in [3.05, 3.63) is 33.1 Å². The molecule has 0 aliphatic rings. The van der Waals surface area contributed by atoms with Gasteiger partial charge in [0.2, 0.25) is 5.91 Å². The van der Waals surface area contributed by atoms with Crippen molar-refractivity contribution < 1.29 is 24.4 Å². The average Bonchev–Trinajstić information content (AvgIpc) is 2.37. The molecule has 0 aliphatic heterocycles. The Morgan fingerprint density at radius 3 is 2.62 bits per heavy atom. The molecule has 0 aliphatic carbocycles. The van der Waals surface area contributed by atoms with Crippen molar-refractivity contribution in [1.82, 2.24) is 10.3 Å². The number of carboxylic acids is 1. The highest BCUT2D eigenvalue weighted by Gasteiger charge is 2.25. The number of carbonyl (C=O) groups excluding carboxylic acids is 2. The third-order valence-electron chi connectivity index (χ3n) is 2.29. The second-order valence-electron chi connectivity index (χ2n) is 3.82. The standard InChI is InChI=1S/C10H9ClN4O6/c11-8-5(1-4(3-13-8)15(20)21)9(17)14-6(10(18)19)2-7(12)16/h1,3,6H,2H2,(H2,12,16)(H,14,17)(H,18,19)/t6-/m1/s1. The van der Waals surface area contributed by atoms with E-state index < -0.39 is 40.9 Å². The number of rotatable bonds is 6. The molecule has 0 spiro atoms. The van der Waals surface area contributed by atoms with E-state index in [2.05, 4.69) is 4.98 Å². The highest BCUT2D eigenvalue weighted by molar-refractivity contribution is 6.32. The second kappa shape index (κ2) is 6.61. The molecule has 21 heavy (non-hydrogen) atoms. The van der Waals surface area contributed by atoms with Crippen LogP contribution in [0.1, 0.15) is 16.8 Å². The third kappa shape index (κ3) is 4.38. The minimum Gasteiger partial charge on any atom is -0.480 e. The van der Waals surface area contributed by atoms with Crippen LogP contribution in [0.3, 0.4) is 0 Å². The van der Waals surface area contributed by atoms with E-state index in [0.717, 1.165) is 12.3 Å². The van der Waals surface area contributed by atoms with Crippen LogP contribution >= 0.6 is 11.6 Å². The molecule has 112 valence electrons. The first-order valence-corrected chi connectivity index (χ1v) is 5.72. The number of aromatic nitrogens is 1. The Balaban J connectivity index is 3.02. The Morgan fingerprint density at radius 1 is 1.52 bits per heavy atom. The molecular formula is C10H9ClN4O6. The molecular weight excluding hydrogens is 308 g/mol. The van der Waals surface area contributed by atoms with Crippen molar-refractivity contribution in [2.45, 2.75) is 12.5 Å². The Labute approximate surface area is 122 Å². The molecule has 4 N–H and O–H groups in total. The van der Waals surface area contributed by atoms with Gasteiger partial charge in [-0.15, -0.1) is 0 Å². The summed E-state index contributed by atoms with van der Waals surface area (Å²) in [6, 6.07) is -0.737. The predicted octanol–water partition coefficient (Wildman–Crippen LogP) is -0.298. The van der Waals surface area contributed by atoms with Crippen LogP contribution in [0.15, 0.2) is 12.3 Å². The Morgan fingerprint density at radius 2 is 2.14 bits per heavy atom. The number of nitrogens with two attached hydrogens (primary N) is 1. The maximum absolute atomic E-state index is 11.9. The van der Waals surface area contributed by atoms with Gasteiger partial charge in [0.25, 0.3) is 11.6 Å². The summed E-state index contributed by atoms with van der Waals surface area (Å²) in [6.45, 7) is 0. The average molecular weight is 317 g/mol. The minimum atomic E-state index is -1.58. The molecule has 0 aromatic carbocycles. The number of nitrogens with zero attached hydrogens (tertiary/aromatic N) is 2. The Kier molecular flexibility index (Phi) is 5.13. The number of carboxylic acid groups (broad SMARTS) is 1. The van der Waals surface area contributed by atoms with Crippen LogP contribution in [0, 0.1) is 10.1 Å². The fourth-order valence-electron chi connectivity index (χ4n) is 1.33. The Bertz CT molecular complexity index is 620. The van der Waals surface area contributed by atoms with Crippen LogP contribution in [0.5, 0.6) is 0 Å². The molecule has 1 aromatic heterocycles. The molecule has 0 bridgehead atoms. The number of primary amides is 1. The zero-order valence-electron chi connectivity index (χ0n) is 10.3. The van der Waals surface area contributed by atoms with Crippen molar-refractivity contribution in [2.24, 2.45) is 5.73 Å². The van der Waals surface area contributed by atoms with Gasteiger partial charge in [-0.1, -0.05) is 11.6 Å². The number of pyridine rings is 1. The second-order valence-corrected chi connectivity index (χ2v) is 4.18. The van der Waals surface area contributed by atoms with Gasteiger partial charge in [0, 0.05) is 6.07 Å². The van der Waals surface area contributed by atoms with Gasteiger partial charge in [-0.05, 0) is 0 Å². The van der Waals surface area contributed by atoms with Crippen LogP contribution in [-0.4, -0.2) is 38.8 Å². The van der Waals surface area contributed by atoms with Gasteiger partial charge in [0.15, 0.2) is 0 Å². The van der Waals surface area contributed by atoms with Gasteiger partial charge in [0.1, 0.15) is 17.4 Å². The summed E-state index contributed by atoms with van der Waals surface area (Å²) < 4.78 is 0. The lowest BCUT2D eigenvalue weighted by Gasteiger charge is -2.13. The number of halogens is 1. The summed E-state index contributed by atoms with van der Waals surface area (Å²) in [5.74, 6) is -3.45. The fourth-order valence-corrected chi connectivity index (χ4v) is 1.52.